The molecule has 0 saturated heterocycles. The minimum Gasteiger partial charge on any atom is -0.411 e. The third-order valence-electron chi connectivity index (χ3n) is 1.16. The molecule has 1 radical (unpaired) electrons. The fourth-order valence-electron chi connectivity index (χ4n) is 0.670. The van der Waals surface area contributed by atoms with Crippen LogP contribution in [0, 0.1) is 17.4 Å². The molecule has 0 amide bonds. The van der Waals surface area contributed by atoms with Gasteiger partial charge in [0.15, 0.2) is 0 Å². The van der Waals surface area contributed by atoms with Crippen LogP contribution in [0.25, 0.3) is 0 Å². The lowest BCUT2D eigenvalue weighted by Gasteiger charge is -1.99. The Bertz CT molecular complexity index is 255. The van der Waals surface area contributed by atoms with E-state index in [1.807, 2.05) is 6.07 Å². The second-order valence-electron chi connectivity index (χ2n) is 1.84. The zero-order valence-electron chi connectivity index (χ0n) is 5.20. The van der Waals surface area contributed by atoms with E-state index in [4.69, 9.17) is 10.5 Å². The van der Waals surface area contributed by atoms with Crippen molar-refractivity contribution >= 4 is 5.71 Å². The van der Waals surface area contributed by atoms with Gasteiger partial charge in [-0.2, -0.15) is 5.26 Å². The van der Waals surface area contributed by atoms with Crippen LogP contribution in [0.15, 0.2) is 22.9 Å². The largest absolute Gasteiger partial charge is 0.411 e. The highest BCUT2D eigenvalue weighted by Gasteiger charge is 2.04. The summed E-state index contributed by atoms with van der Waals surface area (Å²) in [7, 11) is 0. The predicted molar refractivity (Wildman–Crippen MR) is 35.3 cm³/mol. The van der Waals surface area contributed by atoms with E-state index in [1.165, 1.54) is 0 Å². The van der Waals surface area contributed by atoms with Crippen LogP contribution in [0.3, 0.4) is 0 Å². The molecule has 10 heavy (non-hydrogen) atoms. The van der Waals surface area contributed by atoms with Crippen molar-refractivity contribution < 1.29 is 5.21 Å². The fourth-order valence-corrected chi connectivity index (χ4v) is 0.670. The van der Waals surface area contributed by atoms with Crippen LogP contribution in [-0.4, -0.2) is 10.9 Å². The molecule has 0 fully saturated rings. The second-order valence-corrected chi connectivity index (χ2v) is 1.84. The fraction of sp³-hybridized carbons (Fsp3) is 0.143. The molecule has 0 aliphatic heterocycles. The monoisotopic (exact) mass is 133 g/mol. The Morgan fingerprint density at radius 2 is 2.60 bits per heavy atom. The maximum Gasteiger partial charge on any atom is 0.0951 e. The van der Waals surface area contributed by atoms with Gasteiger partial charge in [-0.3, -0.25) is 0 Å². The van der Waals surface area contributed by atoms with Crippen molar-refractivity contribution in [1.82, 2.24) is 0 Å². The molecule has 0 aromatic rings. The summed E-state index contributed by atoms with van der Waals surface area (Å²) < 4.78 is 0. The van der Waals surface area contributed by atoms with E-state index in [9.17, 15) is 0 Å². The molecule has 0 atom stereocenters. The van der Waals surface area contributed by atoms with Gasteiger partial charge < -0.3 is 5.21 Å². The van der Waals surface area contributed by atoms with Gasteiger partial charge in [0.2, 0.25) is 0 Å². The van der Waals surface area contributed by atoms with Crippen LogP contribution >= 0.6 is 0 Å². The topological polar surface area (TPSA) is 56.4 Å². The van der Waals surface area contributed by atoms with Gasteiger partial charge >= 0.3 is 0 Å². The van der Waals surface area contributed by atoms with Gasteiger partial charge in [0.05, 0.1) is 11.8 Å². The molecular formula is C7H5N2O. The average Bonchev–Trinajstić information content (AvgIpc) is 2.05. The number of nitriles is 1. The van der Waals surface area contributed by atoms with Crippen LogP contribution in [0.4, 0.5) is 0 Å². The van der Waals surface area contributed by atoms with Crippen LogP contribution in [0.1, 0.15) is 6.42 Å². The van der Waals surface area contributed by atoms with E-state index in [-0.39, 0.29) is 0 Å². The van der Waals surface area contributed by atoms with E-state index in [0.29, 0.717) is 17.7 Å². The standard InChI is InChI=1S/C7H5N2O/c8-5-6-2-1-3-7(4-6)9-10/h1-2,10H,4H2. The summed E-state index contributed by atoms with van der Waals surface area (Å²) >= 11 is 0. The maximum atomic E-state index is 8.40. The predicted octanol–water partition coefficient (Wildman–Crippen LogP) is 1.03. The lowest BCUT2D eigenvalue weighted by Crippen LogP contribution is -1.99. The summed E-state index contributed by atoms with van der Waals surface area (Å²) in [4.78, 5) is 0. The Kier molecular flexibility index (Phi) is 1.86. The number of oxime groups is 1. The molecular weight excluding hydrogens is 128 g/mol. The number of allylic oxidation sites excluding steroid dienone is 4. The van der Waals surface area contributed by atoms with Crippen molar-refractivity contribution in [3.8, 4) is 6.07 Å². The molecule has 0 spiro atoms. The molecule has 0 bridgehead atoms. The molecule has 1 rings (SSSR count). The minimum absolute atomic E-state index is 0.378. The van der Waals surface area contributed by atoms with Crippen molar-refractivity contribution in [3.05, 3.63) is 23.8 Å². The summed E-state index contributed by atoms with van der Waals surface area (Å²) in [6.45, 7) is 0. The summed E-state index contributed by atoms with van der Waals surface area (Å²) in [6, 6.07) is 1.97. The summed E-state index contributed by atoms with van der Waals surface area (Å²) in [5.74, 6) is 0. The molecule has 1 N–H and O–H groups in total. The SMILES string of the molecule is N#CC1=CC=[C]C(=NO)C1. The van der Waals surface area contributed by atoms with Crippen molar-refractivity contribution in [2.45, 2.75) is 6.42 Å². The van der Waals surface area contributed by atoms with Crippen LogP contribution in [0.5, 0.6) is 0 Å². The van der Waals surface area contributed by atoms with Gasteiger partial charge in [0.25, 0.3) is 0 Å². The van der Waals surface area contributed by atoms with E-state index in [1.54, 1.807) is 12.2 Å². The van der Waals surface area contributed by atoms with Gasteiger partial charge in [-0.25, -0.2) is 0 Å². The zero-order chi connectivity index (χ0) is 7.40. The van der Waals surface area contributed by atoms with E-state index < -0.39 is 0 Å². The third-order valence-corrected chi connectivity index (χ3v) is 1.16. The number of hydrogen-bond acceptors (Lipinski definition) is 3. The highest BCUT2D eigenvalue weighted by Crippen LogP contribution is 2.07. The molecule has 1 aliphatic rings. The first kappa shape index (κ1) is 6.56. The number of hydrogen-bond donors (Lipinski definition) is 1. The first-order valence-electron chi connectivity index (χ1n) is 2.77. The Morgan fingerprint density at radius 1 is 1.80 bits per heavy atom. The van der Waals surface area contributed by atoms with Gasteiger partial charge in [-0.15, -0.1) is 0 Å². The average molecular weight is 133 g/mol. The van der Waals surface area contributed by atoms with Crippen molar-refractivity contribution in [2.75, 3.05) is 0 Å². The summed E-state index contributed by atoms with van der Waals surface area (Å²) in [5.41, 5.74) is 0.991. The molecule has 0 unspecified atom stereocenters. The number of rotatable bonds is 0. The quantitative estimate of drug-likeness (QED) is 0.396. The van der Waals surface area contributed by atoms with E-state index in [0.717, 1.165) is 0 Å². The van der Waals surface area contributed by atoms with Crippen LogP contribution in [0.2, 0.25) is 0 Å². The Morgan fingerprint density at radius 3 is 3.20 bits per heavy atom. The van der Waals surface area contributed by atoms with Gasteiger partial charge in [0.1, 0.15) is 0 Å². The normalized spacial score (nSPS) is 20.3. The van der Waals surface area contributed by atoms with Gasteiger partial charge in [0, 0.05) is 18.1 Å². The van der Waals surface area contributed by atoms with Crippen LogP contribution in [-0.2, 0) is 0 Å². The summed E-state index contributed by atoms with van der Waals surface area (Å²) in [6.07, 6.45) is 6.27. The molecule has 0 heterocycles. The first-order chi connectivity index (χ1) is 4.86. The molecule has 0 saturated carbocycles. The van der Waals surface area contributed by atoms with E-state index >= 15 is 0 Å². The third kappa shape index (κ3) is 1.23. The Balaban J connectivity index is 2.80. The smallest absolute Gasteiger partial charge is 0.0951 e. The molecule has 0 aromatic carbocycles. The van der Waals surface area contributed by atoms with Gasteiger partial charge in [-0.05, 0) is 6.08 Å². The van der Waals surface area contributed by atoms with Crippen molar-refractivity contribution in [1.29, 1.82) is 5.26 Å². The first-order valence-corrected chi connectivity index (χ1v) is 2.77. The Hall–Kier alpha value is -1.56. The number of nitrogens with zero attached hydrogens (tertiary/aromatic N) is 2. The minimum atomic E-state index is 0.378. The molecule has 0 aromatic heterocycles. The highest BCUT2D eigenvalue weighted by atomic mass is 16.4. The van der Waals surface area contributed by atoms with Crippen molar-refractivity contribution in [3.63, 3.8) is 0 Å². The van der Waals surface area contributed by atoms with E-state index in [2.05, 4.69) is 11.2 Å². The second kappa shape index (κ2) is 2.83. The van der Waals surface area contributed by atoms with Gasteiger partial charge in [-0.1, -0.05) is 11.2 Å². The van der Waals surface area contributed by atoms with Crippen molar-refractivity contribution in [2.24, 2.45) is 5.16 Å². The Labute approximate surface area is 58.6 Å². The van der Waals surface area contributed by atoms with Crippen LogP contribution < -0.4 is 0 Å². The molecule has 3 nitrogen and oxygen atoms in total. The molecule has 49 valence electrons. The lowest BCUT2D eigenvalue weighted by molar-refractivity contribution is 0.318. The maximum absolute atomic E-state index is 8.40. The summed E-state index contributed by atoms with van der Waals surface area (Å²) in [5, 5.41) is 19.6. The molecule has 1 aliphatic carbocycles. The molecule has 3 heteroatoms. The highest BCUT2D eigenvalue weighted by molar-refractivity contribution is 5.94. The zero-order valence-corrected chi connectivity index (χ0v) is 5.20. The lowest BCUT2D eigenvalue weighted by atomic mass is 10.1.